The molecule has 0 aromatic carbocycles. The van der Waals surface area contributed by atoms with E-state index in [1.165, 1.54) is 37.8 Å². The summed E-state index contributed by atoms with van der Waals surface area (Å²) in [7, 11) is 0. The normalized spacial score (nSPS) is 18.3. The maximum Gasteiger partial charge on any atom is 0.0951 e. The van der Waals surface area contributed by atoms with Crippen LogP contribution in [0.25, 0.3) is 0 Å². The van der Waals surface area contributed by atoms with Crippen LogP contribution >= 0.6 is 0 Å². The van der Waals surface area contributed by atoms with Gasteiger partial charge >= 0.3 is 0 Å². The average Bonchev–Trinajstić information content (AvgIpc) is 2.98. The number of hydrogen-bond acceptors (Lipinski definition) is 2. The minimum Gasteiger partial charge on any atom is -0.331 e. The highest BCUT2D eigenvalue weighted by Crippen LogP contribution is 2.42. The molecule has 0 amide bonds. The van der Waals surface area contributed by atoms with Gasteiger partial charge in [-0.3, -0.25) is 0 Å². The summed E-state index contributed by atoms with van der Waals surface area (Å²) < 4.78 is 2.26. The first-order valence-electron chi connectivity index (χ1n) is 8.24. The van der Waals surface area contributed by atoms with Crippen LogP contribution in [-0.4, -0.2) is 16.1 Å². The monoisotopic (exact) mass is 277 g/mol. The molecule has 0 aliphatic heterocycles. The largest absolute Gasteiger partial charge is 0.331 e. The molecule has 0 spiro atoms. The predicted molar refractivity (Wildman–Crippen MR) is 84.7 cm³/mol. The highest BCUT2D eigenvalue weighted by atomic mass is 15.1. The van der Waals surface area contributed by atoms with Crippen LogP contribution < -0.4 is 5.32 Å². The number of hydrogen-bond donors (Lipinski definition) is 1. The molecule has 1 saturated carbocycles. The van der Waals surface area contributed by atoms with E-state index in [0.29, 0.717) is 11.5 Å². The lowest BCUT2D eigenvalue weighted by molar-refractivity contribution is 0.223. The number of imidazole rings is 1. The molecule has 0 atom stereocenters. The van der Waals surface area contributed by atoms with Crippen molar-refractivity contribution in [3.8, 4) is 0 Å². The lowest BCUT2D eigenvalue weighted by atomic mass is 9.78. The SMILES string of the molecule is CC(C)CC1(CNCc2cncn2C(C)C)CCCC1. The van der Waals surface area contributed by atoms with Gasteiger partial charge in [-0.05, 0) is 44.4 Å². The summed E-state index contributed by atoms with van der Waals surface area (Å²) in [6, 6.07) is 0.491. The third kappa shape index (κ3) is 3.85. The standard InChI is InChI=1S/C17H31N3/c1-14(2)9-17(7-5-6-8-17)12-18-10-16-11-19-13-20(16)15(3)4/h11,13-15,18H,5-10,12H2,1-4H3. The minimum absolute atomic E-state index is 0.491. The molecule has 0 radical (unpaired) electrons. The van der Waals surface area contributed by atoms with Gasteiger partial charge in [0.05, 0.1) is 12.0 Å². The molecule has 1 N–H and O–H groups in total. The van der Waals surface area contributed by atoms with Gasteiger partial charge in [-0.15, -0.1) is 0 Å². The van der Waals surface area contributed by atoms with E-state index in [1.807, 2.05) is 12.5 Å². The van der Waals surface area contributed by atoms with E-state index in [2.05, 4.69) is 42.6 Å². The van der Waals surface area contributed by atoms with Crippen molar-refractivity contribution in [1.29, 1.82) is 0 Å². The lowest BCUT2D eigenvalue weighted by Gasteiger charge is -2.31. The van der Waals surface area contributed by atoms with Gasteiger partial charge < -0.3 is 9.88 Å². The first-order valence-corrected chi connectivity index (χ1v) is 8.24. The molecule has 1 aromatic heterocycles. The second-order valence-electron chi connectivity index (χ2n) is 7.29. The maximum absolute atomic E-state index is 4.28. The van der Waals surface area contributed by atoms with Gasteiger partial charge in [0, 0.05) is 25.3 Å². The molecule has 2 rings (SSSR count). The van der Waals surface area contributed by atoms with Crippen molar-refractivity contribution in [2.45, 2.75) is 72.4 Å². The van der Waals surface area contributed by atoms with Crippen LogP contribution in [-0.2, 0) is 6.54 Å². The molecule has 0 bridgehead atoms. The number of nitrogens with zero attached hydrogens (tertiary/aromatic N) is 2. The van der Waals surface area contributed by atoms with Crippen LogP contribution in [0.1, 0.15) is 71.5 Å². The molecule has 0 saturated heterocycles. The smallest absolute Gasteiger partial charge is 0.0951 e. The van der Waals surface area contributed by atoms with E-state index in [0.717, 1.165) is 19.0 Å². The van der Waals surface area contributed by atoms with E-state index in [1.54, 1.807) is 0 Å². The topological polar surface area (TPSA) is 29.9 Å². The Labute approximate surface area is 124 Å². The van der Waals surface area contributed by atoms with E-state index in [9.17, 15) is 0 Å². The molecule has 1 fully saturated rings. The van der Waals surface area contributed by atoms with Crippen LogP contribution in [0, 0.1) is 11.3 Å². The molecule has 1 heterocycles. The van der Waals surface area contributed by atoms with Crippen molar-refractivity contribution < 1.29 is 0 Å². The van der Waals surface area contributed by atoms with E-state index < -0.39 is 0 Å². The average molecular weight is 277 g/mol. The second kappa shape index (κ2) is 6.75. The Morgan fingerprint density at radius 2 is 1.95 bits per heavy atom. The Morgan fingerprint density at radius 3 is 2.55 bits per heavy atom. The molecule has 1 aliphatic carbocycles. The van der Waals surface area contributed by atoms with Gasteiger partial charge in [-0.1, -0.05) is 26.7 Å². The molecule has 1 aliphatic rings. The molecule has 114 valence electrons. The quantitative estimate of drug-likeness (QED) is 0.811. The Morgan fingerprint density at radius 1 is 1.25 bits per heavy atom. The number of rotatable bonds is 7. The Kier molecular flexibility index (Phi) is 5.25. The first kappa shape index (κ1) is 15.6. The Bertz CT molecular complexity index is 400. The summed E-state index contributed by atoms with van der Waals surface area (Å²) in [6.45, 7) is 11.2. The fourth-order valence-electron chi connectivity index (χ4n) is 3.83. The fourth-order valence-corrected chi connectivity index (χ4v) is 3.83. The summed E-state index contributed by atoms with van der Waals surface area (Å²) in [5, 5.41) is 3.71. The van der Waals surface area contributed by atoms with Crippen LogP contribution in [0.2, 0.25) is 0 Å². The van der Waals surface area contributed by atoms with Crippen molar-refractivity contribution in [3.05, 3.63) is 18.2 Å². The summed E-state index contributed by atoms with van der Waals surface area (Å²) in [4.78, 5) is 4.28. The Balaban J connectivity index is 1.89. The summed E-state index contributed by atoms with van der Waals surface area (Å²) in [6.07, 6.45) is 10.9. The van der Waals surface area contributed by atoms with Crippen LogP contribution in [0.3, 0.4) is 0 Å². The van der Waals surface area contributed by atoms with Crippen molar-refractivity contribution in [1.82, 2.24) is 14.9 Å². The molecule has 0 unspecified atom stereocenters. The van der Waals surface area contributed by atoms with E-state index in [-0.39, 0.29) is 0 Å². The maximum atomic E-state index is 4.28. The fraction of sp³-hybridized carbons (Fsp3) is 0.824. The van der Waals surface area contributed by atoms with E-state index in [4.69, 9.17) is 0 Å². The van der Waals surface area contributed by atoms with Crippen molar-refractivity contribution >= 4 is 0 Å². The summed E-state index contributed by atoms with van der Waals surface area (Å²) in [5.41, 5.74) is 1.86. The minimum atomic E-state index is 0.491. The van der Waals surface area contributed by atoms with Gasteiger partial charge in [-0.2, -0.15) is 0 Å². The van der Waals surface area contributed by atoms with Crippen molar-refractivity contribution in [3.63, 3.8) is 0 Å². The van der Waals surface area contributed by atoms with Gasteiger partial charge in [0.2, 0.25) is 0 Å². The molecule has 20 heavy (non-hydrogen) atoms. The third-order valence-electron chi connectivity index (χ3n) is 4.61. The Hall–Kier alpha value is -0.830. The van der Waals surface area contributed by atoms with Crippen LogP contribution in [0.5, 0.6) is 0 Å². The zero-order valence-corrected chi connectivity index (χ0v) is 13.7. The highest BCUT2D eigenvalue weighted by Gasteiger charge is 2.33. The molecule has 1 aromatic rings. The van der Waals surface area contributed by atoms with Crippen molar-refractivity contribution in [2.24, 2.45) is 11.3 Å². The van der Waals surface area contributed by atoms with Crippen molar-refractivity contribution in [2.75, 3.05) is 6.54 Å². The zero-order valence-electron chi connectivity index (χ0n) is 13.7. The van der Waals surface area contributed by atoms with Gasteiger partial charge in [0.1, 0.15) is 0 Å². The number of aromatic nitrogens is 2. The first-order chi connectivity index (χ1) is 9.52. The van der Waals surface area contributed by atoms with Gasteiger partial charge in [0.25, 0.3) is 0 Å². The molecule has 3 heteroatoms. The van der Waals surface area contributed by atoms with E-state index >= 15 is 0 Å². The van der Waals surface area contributed by atoms with Crippen LogP contribution in [0.4, 0.5) is 0 Å². The predicted octanol–water partition coefficient (Wildman–Crippen LogP) is 4.16. The molecular formula is C17H31N3. The molecular weight excluding hydrogens is 246 g/mol. The van der Waals surface area contributed by atoms with Gasteiger partial charge in [0.15, 0.2) is 0 Å². The second-order valence-corrected chi connectivity index (χ2v) is 7.29. The molecule has 3 nitrogen and oxygen atoms in total. The summed E-state index contributed by atoms with van der Waals surface area (Å²) in [5.74, 6) is 0.802. The van der Waals surface area contributed by atoms with Crippen LogP contribution in [0.15, 0.2) is 12.5 Å². The summed E-state index contributed by atoms with van der Waals surface area (Å²) >= 11 is 0. The number of nitrogens with one attached hydrogen (secondary N) is 1. The van der Waals surface area contributed by atoms with Gasteiger partial charge in [-0.25, -0.2) is 4.98 Å². The lowest BCUT2D eigenvalue weighted by Crippen LogP contribution is -2.33. The zero-order chi connectivity index (χ0) is 14.6. The third-order valence-corrected chi connectivity index (χ3v) is 4.61. The highest BCUT2D eigenvalue weighted by molar-refractivity contribution is 5.00.